The van der Waals surface area contributed by atoms with E-state index < -0.39 is 0 Å². The molecule has 26 heavy (non-hydrogen) atoms. The van der Waals surface area contributed by atoms with E-state index >= 15 is 0 Å². The summed E-state index contributed by atoms with van der Waals surface area (Å²) in [5, 5.41) is 6.78. The quantitative estimate of drug-likeness (QED) is 0.354. The minimum atomic E-state index is 0.238. The lowest BCUT2D eigenvalue weighted by atomic mass is 10.2. The van der Waals surface area contributed by atoms with Crippen molar-refractivity contribution in [3.63, 3.8) is 0 Å². The summed E-state index contributed by atoms with van der Waals surface area (Å²) in [5.74, 6) is 2.80. The molecule has 0 saturated carbocycles. The molecule has 0 radical (unpaired) electrons. The molecule has 1 aromatic heterocycles. The van der Waals surface area contributed by atoms with E-state index in [0.29, 0.717) is 13.2 Å². The van der Waals surface area contributed by atoms with E-state index in [1.54, 1.807) is 14.2 Å². The fraction of sp³-hybridized carbons (Fsp3) is 0.737. The van der Waals surface area contributed by atoms with Gasteiger partial charge in [-0.2, -0.15) is 0 Å². The molecule has 1 aromatic rings. The minimum Gasteiger partial charge on any atom is -0.465 e. The van der Waals surface area contributed by atoms with E-state index in [1.165, 1.54) is 12.8 Å². The molecule has 2 N–H and O–H groups in total. The zero-order chi connectivity index (χ0) is 18.6. The summed E-state index contributed by atoms with van der Waals surface area (Å²) in [6.45, 7) is 7.83. The molecule has 0 bridgehead atoms. The normalized spacial score (nSPS) is 16.8. The number of rotatable bonds is 11. The molecular weight excluding hydrogens is 332 g/mol. The van der Waals surface area contributed by atoms with Crippen molar-refractivity contribution in [2.45, 2.75) is 32.2 Å². The van der Waals surface area contributed by atoms with Crippen LogP contribution in [0.15, 0.2) is 21.5 Å². The first-order valence-corrected chi connectivity index (χ1v) is 9.56. The van der Waals surface area contributed by atoms with Crippen LogP contribution in [-0.4, -0.2) is 71.0 Å². The van der Waals surface area contributed by atoms with Gasteiger partial charge >= 0.3 is 0 Å². The summed E-state index contributed by atoms with van der Waals surface area (Å²) < 4.78 is 16.3. The van der Waals surface area contributed by atoms with Crippen LogP contribution in [0, 0.1) is 6.92 Å². The van der Waals surface area contributed by atoms with E-state index in [0.717, 1.165) is 56.7 Å². The van der Waals surface area contributed by atoms with E-state index in [9.17, 15) is 0 Å². The second-order valence-electron chi connectivity index (χ2n) is 6.55. The van der Waals surface area contributed by atoms with E-state index in [2.05, 4.69) is 26.6 Å². The number of aliphatic imine (C=N–C) groups is 1. The number of guanidine groups is 1. The van der Waals surface area contributed by atoms with Crippen LogP contribution in [-0.2, 0) is 9.47 Å². The zero-order valence-electron chi connectivity index (χ0n) is 16.4. The summed E-state index contributed by atoms with van der Waals surface area (Å²) in [6, 6.07) is 4.37. The van der Waals surface area contributed by atoms with Gasteiger partial charge < -0.3 is 24.5 Å². The first-order valence-electron chi connectivity index (χ1n) is 9.56. The highest BCUT2D eigenvalue weighted by Crippen LogP contribution is 2.26. The number of furan rings is 1. The first kappa shape index (κ1) is 20.7. The summed E-state index contributed by atoms with van der Waals surface area (Å²) in [6.07, 6.45) is 3.44. The summed E-state index contributed by atoms with van der Waals surface area (Å²) >= 11 is 0. The van der Waals surface area contributed by atoms with Gasteiger partial charge in [-0.25, -0.2) is 0 Å². The van der Waals surface area contributed by atoms with Crippen molar-refractivity contribution < 1.29 is 13.9 Å². The predicted molar refractivity (Wildman–Crippen MR) is 104 cm³/mol. The molecule has 1 aliphatic heterocycles. The average molecular weight is 367 g/mol. The van der Waals surface area contributed by atoms with Crippen LogP contribution >= 0.6 is 0 Å². The maximum absolute atomic E-state index is 5.90. The molecule has 0 aromatic carbocycles. The third-order valence-corrected chi connectivity index (χ3v) is 4.55. The number of likely N-dealkylation sites (tertiary alicyclic amines) is 1. The molecule has 1 unspecified atom stereocenters. The molecule has 148 valence electrons. The Morgan fingerprint density at radius 2 is 2.04 bits per heavy atom. The Bertz CT molecular complexity index is 527. The van der Waals surface area contributed by atoms with Gasteiger partial charge in [0.15, 0.2) is 5.96 Å². The van der Waals surface area contributed by atoms with Crippen LogP contribution in [0.3, 0.4) is 0 Å². The lowest BCUT2D eigenvalue weighted by molar-refractivity contribution is 0.0698. The molecule has 0 spiro atoms. The Kier molecular flexibility index (Phi) is 9.52. The molecule has 1 atom stereocenters. The Morgan fingerprint density at radius 1 is 1.23 bits per heavy atom. The highest BCUT2D eigenvalue weighted by Gasteiger charge is 2.26. The summed E-state index contributed by atoms with van der Waals surface area (Å²) in [4.78, 5) is 6.81. The van der Waals surface area contributed by atoms with Crippen LogP contribution in [0.4, 0.5) is 0 Å². The second kappa shape index (κ2) is 11.9. The monoisotopic (exact) mass is 366 g/mol. The van der Waals surface area contributed by atoms with Gasteiger partial charge in [0.1, 0.15) is 11.5 Å². The van der Waals surface area contributed by atoms with Crippen molar-refractivity contribution in [1.29, 1.82) is 0 Å². The number of nitrogens with one attached hydrogen (secondary N) is 2. The number of nitrogens with zero attached hydrogens (tertiary/aromatic N) is 2. The number of hydrogen-bond acceptors (Lipinski definition) is 5. The molecule has 1 fully saturated rings. The van der Waals surface area contributed by atoms with Crippen molar-refractivity contribution >= 4 is 5.96 Å². The topological polar surface area (TPSA) is 71.3 Å². The fourth-order valence-electron chi connectivity index (χ4n) is 3.13. The molecule has 2 rings (SSSR count). The van der Waals surface area contributed by atoms with Crippen molar-refractivity contribution in [3.05, 3.63) is 23.7 Å². The van der Waals surface area contributed by atoms with Crippen LogP contribution in [0.1, 0.15) is 36.8 Å². The molecule has 0 aliphatic carbocycles. The maximum atomic E-state index is 5.90. The minimum absolute atomic E-state index is 0.238. The molecule has 7 nitrogen and oxygen atoms in total. The van der Waals surface area contributed by atoms with E-state index in [4.69, 9.17) is 13.9 Å². The van der Waals surface area contributed by atoms with Crippen molar-refractivity contribution in [1.82, 2.24) is 15.5 Å². The Hall–Kier alpha value is -1.57. The highest BCUT2D eigenvalue weighted by atomic mass is 16.5. The smallest absolute Gasteiger partial charge is 0.191 e. The van der Waals surface area contributed by atoms with Crippen molar-refractivity contribution in [2.75, 3.05) is 60.2 Å². The Balaban J connectivity index is 1.75. The zero-order valence-corrected chi connectivity index (χ0v) is 16.4. The molecule has 1 saturated heterocycles. The number of ether oxygens (including phenoxy) is 2. The van der Waals surface area contributed by atoms with E-state index in [1.807, 2.05) is 13.0 Å². The van der Waals surface area contributed by atoms with Gasteiger partial charge in [0.2, 0.25) is 0 Å². The number of aryl methyl sites for hydroxylation is 1. The van der Waals surface area contributed by atoms with Crippen LogP contribution < -0.4 is 10.6 Å². The van der Waals surface area contributed by atoms with E-state index in [-0.39, 0.29) is 6.04 Å². The first-order chi connectivity index (χ1) is 12.7. The number of methoxy groups -OCH3 is 1. The van der Waals surface area contributed by atoms with Crippen molar-refractivity contribution in [2.24, 2.45) is 4.99 Å². The Labute approximate surface area is 157 Å². The molecule has 0 amide bonds. The molecule has 2 heterocycles. The SMILES string of the molecule is CN=C(NCCCOCCOC)NCC(c1ccc(C)o1)N1CCCC1. The average Bonchev–Trinajstić information content (AvgIpc) is 3.32. The van der Waals surface area contributed by atoms with Crippen molar-refractivity contribution in [3.8, 4) is 0 Å². The molecule has 7 heteroatoms. The van der Waals surface area contributed by atoms with Gasteiger partial charge in [-0.15, -0.1) is 0 Å². The lowest BCUT2D eigenvalue weighted by Crippen LogP contribution is -2.43. The van der Waals surface area contributed by atoms with Gasteiger partial charge in [0.25, 0.3) is 0 Å². The summed E-state index contributed by atoms with van der Waals surface area (Å²) in [5.41, 5.74) is 0. The number of hydrogen-bond donors (Lipinski definition) is 2. The third-order valence-electron chi connectivity index (χ3n) is 4.55. The summed E-state index contributed by atoms with van der Waals surface area (Å²) in [7, 11) is 3.48. The van der Waals surface area contributed by atoms with Gasteiger partial charge in [0, 0.05) is 33.9 Å². The maximum Gasteiger partial charge on any atom is 0.191 e. The van der Waals surface area contributed by atoms with Crippen LogP contribution in [0.25, 0.3) is 0 Å². The largest absolute Gasteiger partial charge is 0.465 e. The van der Waals surface area contributed by atoms with Crippen LogP contribution in [0.2, 0.25) is 0 Å². The lowest BCUT2D eigenvalue weighted by Gasteiger charge is -2.26. The van der Waals surface area contributed by atoms with Gasteiger partial charge in [-0.1, -0.05) is 0 Å². The standard InChI is InChI=1S/C19H34N4O3/c1-16-7-8-18(26-16)17(23-10-4-5-11-23)15-22-19(20-2)21-9-6-12-25-14-13-24-3/h7-8,17H,4-6,9-15H2,1-3H3,(H2,20,21,22). The third kappa shape index (κ3) is 6.97. The predicted octanol–water partition coefficient (Wildman–Crippen LogP) is 1.94. The second-order valence-corrected chi connectivity index (χ2v) is 6.55. The Morgan fingerprint density at radius 3 is 2.69 bits per heavy atom. The van der Waals surface area contributed by atoms with Crippen LogP contribution in [0.5, 0.6) is 0 Å². The van der Waals surface area contributed by atoms with Gasteiger partial charge in [0.05, 0.1) is 19.3 Å². The highest BCUT2D eigenvalue weighted by molar-refractivity contribution is 5.79. The molecular formula is C19H34N4O3. The molecule has 1 aliphatic rings. The van der Waals surface area contributed by atoms with Gasteiger partial charge in [-0.05, 0) is 51.4 Å². The van der Waals surface area contributed by atoms with Gasteiger partial charge in [-0.3, -0.25) is 9.89 Å². The fourth-order valence-corrected chi connectivity index (χ4v) is 3.13.